The maximum absolute atomic E-state index is 11.6. The highest BCUT2D eigenvalue weighted by atomic mass is 16.5. The van der Waals surface area contributed by atoms with Gasteiger partial charge in [-0.15, -0.1) is 0 Å². The van der Waals surface area contributed by atoms with Crippen molar-refractivity contribution in [3.8, 4) is 0 Å². The van der Waals surface area contributed by atoms with Gasteiger partial charge in [0.05, 0.1) is 19.8 Å². The average Bonchev–Trinajstić information content (AvgIpc) is 2.38. The molecule has 0 rings (SSSR count). The third-order valence-corrected chi connectivity index (χ3v) is 3.03. The lowest BCUT2D eigenvalue weighted by Gasteiger charge is -2.21. The van der Waals surface area contributed by atoms with Crippen LogP contribution in [-0.4, -0.2) is 37.9 Å². The third kappa shape index (κ3) is 9.91. The molecular weight excluding hydrogens is 242 g/mol. The first kappa shape index (κ1) is 18.4. The Hall–Kier alpha value is -0.610. The molecule has 0 bridgehead atoms. The molecule has 0 saturated carbocycles. The molecule has 0 radical (unpaired) electrons. The van der Waals surface area contributed by atoms with Crippen molar-refractivity contribution in [1.82, 2.24) is 5.32 Å². The number of ether oxygens (including phenoxy) is 2. The van der Waals surface area contributed by atoms with E-state index in [4.69, 9.17) is 9.47 Å². The molecule has 4 heteroatoms. The maximum Gasteiger partial charge on any atom is 0.325 e. The molecule has 4 nitrogen and oxygen atoms in total. The van der Waals surface area contributed by atoms with E-state index in [0.29, 0.717) is 6.61 Å². The molecule has 0 aromatic carbocycles. The lowest BCUT2D eigenvalue weighted by molar-refractivity contribution is -0.145. The minimum Gasteiger partial charge on any atom is -0.468 e. The van der Waals surface area contributed by atoms with E-state index in [0.717, 1.165) is 6.42 Å². The van der Waals surface area contributed by atoms with Crippen LogP contribution >= 0.6 is 0 Å². The second-order valence-electron chi connectivity index (χ2n) is 5.39. The molecule has 2 atom stereocenters. The summed E-state index contributed by atoms with van der Waals surface area (Å²) in [5.74, 6) is -0.258. The summed E-state index contributed by atoms with van der Waals surface area (Å²) < 4.78 is 10.5. The van der Waals surface area contributed by atoms with E-state index in [1.807, 2.05) is 13.8 Å². The van der Waals surface area contributed by atoms with E-state index < -0.39 is 0 Å². The Bertz CT molecular complexity index is 231. The van der Waals surface area contributed by atoms with Crippen LogP contribution in [0.25, 0.3) is 0 Å². The van der Waals surface area contributed by atoms with Crippen LogP contribution in [0.15, 0.2) is 0 Å². The Morgan fingerprint density at radius 2 is 1.84 bits per heavy atom. The monoisotopic (exact) mass is 273 g/mol. The molecule has 0 aliphatic carbocycles. The number of carbonyl (C=O) groups is 1. The van der Waals surface area contributed by atoms with Gasteiger partial charge in [0.1, 0.15) is 6.04 Å². The summed E-state index contributed by atoms with van der Waals surface area (Å²) in [4.78, 5) is 11.6. The lowest BCUT2D eigenvalue weighted by Crippen LogP contribution is -2.45. The zero-order valence-corrected chi connectivity index (χ0v) is 13.2. The molecule has 1 N–H and O–H groups in total. The van der Waals surface area contributed by atoms with E-state index in [1.165, 1.54) is 32.8 Å². The summed E-state index contributed by atoms with van der Waals surface area (Å²) in [5.41, 5.74) is 0. The van der Waals surface area contributed by atoms with Crippen molar-refractivity contribution in [2.75, 3.05) is 13.7 Å². The smallest absolute Gasteiger partial charge is 0.325 e. The van der Waals surface area contributed by atoms with E-state index >= 15 is 0 Å². The van der Waals surface area contributed by atoms with E-state index in [9.17, 15) is 4.79 Å². The number of rotatable bonds is 11. The standard InChI is InChI=1S/C15H31NO3/c1-6-7-8-9-10-13(4)19-11-14(15(17)18-5)16-12(2)3/h12-14,16H,6-11H2,1-5H3. The van der Waals surface area contributed by atoms with Crippen molar-refractivity contribution in [1.29, 1.82) is 0 Å². The third-order valence-electron chi connectivity index (χ3n) is 3.03. The van der Waals surface area contributed by atoms with Crippen molar-refractivity contribution in [3.63, 3.8) is 0 Å². The van der Waals surface area contributed by atoms with Crippen LogP contribution in [0, 0.1) is 0 Å². The minimum absolute atomic E-state index is 0.193. The summed E-state index contributed by atoms with van der Waals surface area (Å²) in [6.07, 6.45) is 6.22. The Morgan fingerprint density at radius 3 is 2.37 bits per heavy atom. The van der Waals surface area contributed by atoms with Gasteiger partial charge in [-0.05, 0) is 13.3 Å². The lowest BCUT2D eigenvalue weighted by atomic mass is 10.1. The second kappa shape index (κ2) is 11.2. The van der Waals surface area contributed by atoms with Crippen molar-refractivity contribution in [2.45, 2.75) is 78.0 Å². The quantitative estimate of drug-likeness (QED) is 0.464. The molecule has 0 fully saturated rings. The van der Waals surface area contributed by atoms with Crippen LogP contribution in [0.1, 0.15) is 59.8 Å². The molecule has 2 unspecified atom stereocenters. The van der Waals surface area contributed by atoms with Crippen LogP contribution in [0.2, 0.25) is 0 Å². The minimum atomic E-state index is -0.372. The van der Waals surface area contributed by atoms with E-state index in [2.05, 4.69) is 19.2 Å². The van der Waals surface area contributed by atoms with Gasteiger partial charge in [-0.3, -0.25) is 4.79 Å². The summed E-state index contributed by atoms with van der Waals surface area (Å²) in [7, 11) is 1.41. The molecule has 19 heavy (non-hydrogen) atoms. The Labute approximate surface area is 118 Å². The molecule has 0 aromatic heterocycles. The molecule has 0 amide bonds. The molecule has 0 spiro atoms. The van der Waals surface area contributed by atoms with Crippen molar-refractivity contribution >= 4 is 5.97 Å². The highest BCUT2D eigenvalue weighted by molar-refractivity contribution is 5.75. The number of carbonyl (C=O) groups excluding carboxylic acids is 1. The van der Waals surface area contributed by atoms with Crippen LogP contribution in [0.5, 0.6) is 0 Å². The fourth-order valence-electron chi connectivity index (χ4n) is 1.93. The van der Waals surface area contributed by atoms with Gasteiger partial charge < -0.3 is 14.8 Å². The van der Waals surface area contributed by atoms with Crippen molar-refractivity contribution in [2.24, 2.45) is 0 Å². The molecule has 0 aliphatic heterocycles. The number of nitrogens with one attached hydrogen (secondary N) is 1. The second-order valence-corrected chi connectivity index (χ2v) is 5.39. The van der Waals surface area contributed by atoms with Crippen LogP contribution in [-0.2, 0) is 14.3 Å². The van der Waals surface area contributed by atoms with Gasteiger partial charge in [-0.1, -0.05) is 46.5 Å². The number of esters is 1. The highest BCUT2D eigenvalue weighted by Crippen LogP contribution is 2.08. The molecule has 0 heterocycles. The van der Waals surface area contributed by atoms with Gasteiger partial charge in [0.2, 0.25) is 0 Å². The molecule has 0 aliphatic rings. The fraction of sp³-hybridized carbons (Fsp3) is 0.933. The van der Waals surface area contributed by atoms with Gasteiger partial charge in [0.25, 0.3) is 0 Å². The fourth-order valence-corrected chi connectivity index (χ4v) is 1.93. The van der Waals surface area contributed by atoms with Crippen LogP contribution < -0.4 is 5.32 Å². The van der Waals surface area contributed by atoms with Gasteiger partial charge >= 0.3 is 5.97 Å². The first-order chi connectivity index (χ1) is 9.01. The maximum atomic E-state index is 11.6. The topological polar surface area (TPSA) is 47.6 Å². The normalized spacial score (nSPS) is 14.4. The molecule has 0 aromatic rings. The summed E-state index contributed by atoms with van der Waals surface area (Å²) in [6.45, 7) is 8.65. The first-order valence-corrected chi connectivity index (χ1v) is 7.46. The predicted molar refractivity (Wildman–Crippen MR) is 78.2 cm³/mol. The Kier molecular flexibility index (Phi) is 10.9. The number of hydrogen-bond acceptors (Lipinski definition) is 4. The number of hydrogen-bond donors (Lipinski definition) is 1. The van der Waals surface area contributed by atoms with Gasteiger partial charge in [-0.25, -0.2) is 0 Å². The molecule has 114 valence electrons. The summed E-state index contributed by atoms with van der Waals surface area (Å²) >= 11 is 0. The van der Waals surface area contributed by atoms with Crippen molar-refractivity contribution in [3.05, 3.63) is 0 Å². The zero-order valence-electron chi connectivity index (χ0n) is 13.2. The average molecular weight is 273 g/mol. The molecule has 0 saturated heterocycles. The largest absolute Gasteiger partial charge is 0.468 e. The van der Waals surface area contributed by atoms with Gasteiger partial charge in [0, 0.05) is 6.04 Å². The molecular formula is C15H31NO3. The SMILES string of the molecule is CCCCCCC(C)OCC(NC(C)C)C(=O)OC. The summed E-state index contributed by atoms with van der Waals surface area (Å²) in [6, 6.07) is -0.143. The Morgan fingerprint density at radius 1 is 1.16 bits per heavy atom. The van der Waals surface area contributed by atoms with Gasteiger partial charge in [0.15, 0.2) is 0 Å². The van der Waals surface area contributed by atoms with E-state index in [-0.39, 0.29) is 24.2 Å². The predicted octanol–water partition coefficient (Wildman–Crippen LogP) is 2.90. The van der Waals surface area contributed by atoms with Gasteiger partial charge in [-0.2, -0.15) is 0 Å². The summed E-state index contributed by atoms with van der Waals surface area (Å²) in [5, 5.41) is 3.16. The van der Waals surface area contributed by atoms with E-state index in [1.54, 1.807) is 0 Å². The highest BCUT2D eigenvalue weighted by Gasteiger charge is 2.20. The van der Waals surface area contributed by atoms with Crippen LogP contribution in [0.4, 0.5) is 0 Å². The number of unbranched alkanes of at least 4 members (excludes halogenated alkanes) is 3. The Balaban J connectivity index is 3.92. The zero-order chi connectivity index (χ0) is 14.7. The first-order valence-electron chi connectivity index (χ1n) is 7.46. The van der Waals surface area contributed by atoms with Crippen LogP contribution in [0.3, 0.4) is 0 Å². The van der Waals surface area contributed by atoms with Crippen molar-refractivity contribution < 1.29 is 14.3 Å². The number of methoxy groups -OCH3 is 1.